The highest BCUT2D eigenvalue weighted by Crippen LogP contribution is 2.28. The zero-order chi connectivity index (χ0) is 18.6. The van der Waals surface area contributed by atoms with Crippen molar-refractivity contribution in [2.75, 3.05) is 18.6 Å². The molecule has 0 amide bonds. The van der Waals surface area contributed by atoms with Gasteiger partial charge >= 0.3 is 0 Å². The van der Waals surface area contributed by atoms with E-state index in [-0.39, 0.29) is 17.8 Å². The highest BCUT2D eigenvalue weighted by molar-refractivity contribution is 7.90. The Labute approximate surface area is 156 Å². The molecule has 2 aromatic carbocycles. The Hall–Kier alpha value is -1.69. The van der Waals surface area contributed by atoms with E-state index >= 15 is 0 Å². The van der Waals surface area contributed by atoms with E-state index in [0.717, 1.165) is 25.1 Å². The van der Waals surface area contributed by atoms with Gasteiger partial charge in [0.1, 0.15) is 9.84 Å². The average Bonchev–Trinajstić information content (AvgIpc) is 3.09. The molecule has 1 fully saturated rings. The smallest absolute Gasteiger partial charge is 0.148 e. The molecular formula is C21H27NO3S. The second-order valence-corrected chi connectivity index (χ2v) is 9.47. The topological polar surface area (TPSA) is 55.4 Å². The summed E-state index contributed by atoms with van der Waals surface area (Å²) in [4.78, 5) is 0. The summed E-state index contributed by atoms with van der Waals surface area (Å²) in [7, 11) is -2.96. The molecule has 0 spiro atoms. The quantitative estimate of drug-likeness (QED) is 0.808. The van der Waals surface area contributed by atoms with Gasteiger partial charge in [-0.25, -0.2) is 8.42 Å². The van der Waals surface area contributed by atoms with Crippen LogP contribution in [0.2, 0.25) is 0 Å². The molecule has 0 aliphatic carbocycles. The zero-order valence-corrected chi connectivity index (χ0v) is 16.2. The summed E-state index contributed by atoms with van der Waals surface area (Å²) in [5.41, 5.74) is 3.50. The first-order valence-electron chi connectivity index (χ1n) is 9.07. The van der Waals surface area contributed by atoms with Crippen molar-refractivity contribution < 1.29 is 13.2 Å². The molecule has 0 bridgehead atoms. The second-order valence-electron chi connectivity index (χ2n) is 7.28. The Balaban J connectivity index is 1.50. The SMILES string of the molecule is C[C@@H](CS(C)(=O)=O)c1ccc(CNC2COC(c3ccccc3)C2)cc1. The van der Waals surface area contributed by atoms with Gasteiger partial charge in [-0.3, -0.25) is 0 Å². The van der Waals surface area contributed by atoms with Crippen LogP contribution < -0.4 is 5.32 Å². The van der Waals surface area contributed by atoms with Crippen LogP contribution in [0, 0.1) is 0 Å². The van der Waals surface area contributed by atoms with Crippen molar-refractivity contribution in [3.05, 3.63) is 71.3 Å². The Morgan fingerprint density at radius 3 is 2.46 bits per heavy atom. The summed E-state index contributed by atoms with van der Waals surface area (Å²) in [6.07, 6.45) is 2.44. The van der Waals surface area contributed by atoms with Gasteiger partial charge in [0.05, 0.1) is 18.5 Å². The third-order valence-electron chi connectivity index (χ3n) is 4.86. The van der Waals surface area contributed by atoms with Crippen molar-refractivity contribution in [2.24, 2.45) is 0 Å². The summed E-state index contributed by atoms with van der Waals surface area (Å²) in [5.74, 6) is 0.201. The highest BCUT2D eigenvalue weighted by Gasteiger charge is 2.26. The number of rotatable bonds is 7. The van der Waals surface area contributed by atoms with Gasteiger partial charge in [-0.05, 0) is 29.0 Å². The van der Waals surface area contributed by atoms with Crippen molar-refractivity contribution in [3.63, 3.8) is 0 Å². The van der Waals surface area contributed by atoms with Gasteiger partial charge in [0.15, 0.2) is 0 Å². The van der Waals surface area contributed by atoms with Crippen molar-refractivity contribution in [1.82, 2.24) is 5.32 Å². The van der Waals surface area contributed by atoms with E-state index in [2.05, 4.69) is 29.6 Å². The molecule has 1 N–H and O–H groups in total. The molecule has 4 nitrogen and oxygen atoms in total. The predicted octanol–water partition coefficient (Wildman–Crippen LogP) is 3.45. The lowest BCUT2D eigenvalue weighted by molar-refractivity contribution is 0.109. The lowest BCUT2D eigenvalue weighted by atomic mass is 10.0. The molecule has 2 aromatic rings. The van der Waals surface area contributed by atoms with Crippen molar-refractivity contribution in [3.8, 4) is 0 Å². The fourth-order valence-electron chi connectivity index (χ4n) is 3.45. The van der Waals surface area contributed by atoms with Crippen LogP contribution in [0.25, 0.3) is 0 Å². The van der Waals surface area contributed by atoms with E-state index in [9.17, 15) is 8.42 Å². The molecule has 0 saturated carbocycles. The molecule has 0 radical (unpaired) electrons. The maximum Gasteiger partial charge on any atom is 0.148 e. The maximum absolute atomic E-state index is 11.4. The Morgan fingerprint density at radius 1 is 1.12 bits per heavy atom. The number of sulfone groups is 1. The summed E-state index contributed by atoms with van der Waals surface area (Å²) in [6.45, 7) is 3.47. The predicted molar refractivity (Wildman–Crippen MR) is 105 cm³/mol. The third-order valence-corrected chi connectivity index (χ3v) is 5.97. The summed E-state index contributed by atoms with van der Waals surface area (Å²) in [5, 5.41) is 3.56. The minimum Gasteiger partial charge on any atom is -0.372 e. The van der Waals surface area contributed by atoms with Gasteiger partial charge in [0.2, 0.25) is 0 Å². The van der Waals surface area contributed by atoms with Crippen LogP contribution in [0.4, 0.5) is 0 Å². The fraction of sp³-hybridized carbons (Fsp3) is 0.429. The maximum atomic E-state index is 11.4. The molecule has 1 aliphatic rings. The first-order chi connectivity index (χ1) is 12.4. The highest BCUT2D eigenvalue weighted by atomic mass is 32.2. The largest absolute Gasteiger partial charge is 0.372 e. The minimum atomic E-state index is -2.96. The summed E-state index contributed by atoms with van der Waals surface area (Å²) < 4.78 is 28.8. The van der Waals surface area contributed by atoms with E-state index in [0.29, 0.717) is 6.04 Å². The van der Waals surface area contributed by atoms with Gasteiger partial charge in [-0.15, -0.1) is 0 Å². The molecule has 1 aliphatic heterocycles. The number of nitrogens with one attached hydrogen (secondary N) is 1. The number of ether oxygens (including phenoxy) is 1. The molecule has 2 unspecified atom stereocenters. The van der Waals surface area contributed by atoms with Gasteiger partial charge in [0, 0.05) is 18.8 Å². The van der Waals surface area contributed by atoms with Crippen LogP contribution in [-0.4, -0.2) is 33.1 Å². The number of hydrogen-bond acceptors (Lipinski definition) is 4. The van der Waals surface area contributed by atoms with E-state index in [4.69, 9.17) is 4.74 Å². The van der Waals surface area contributed by atoms with Crippen molar-refractivity contribution >= 4 is 9.84 Å². The minimum absolute atomic E-state index is 0.0156. The molecule has 140 valence electrons. The van der Waals surface area contributed by atoms with Gasteiger partial charge in [-0.2, -0.15) is 0 Å². The normalized spacial score (nSPS) is 21.6. The number of benzene rings is 2. The lowest BCUT2D eigenvalue weighted by Gasteiger charge is -2.14. The van der Waals surface area contributed by atoms with Crippen LogP contribution in [0.15, 0.2) is 54.6 Å². The Bertz CT molecular complexity index is 803. The average molecular weight is 374 g/mol. The number of hydrogen-bond donors (Lipinski definition) is 1. The van der Waals surface area contributed by atoms with Crippen LogP contribution in [-0.2, 0) is 21.1 Å². The standard InChI is InChI=1S/C21H27NO3S/c1-16(15-26(2,23)24)18-10-8-17(9-11-18)13-22-20-12-21(25-14-20)19-6-4-3-5-7-19/h3-11,16,20-22H,12-15H2,1-2H3/t16-,20?,21?/m0/s1. The Morgan fingerprint density at radius 2 is 1.81 bits per heavy atom. The molecule has 3 atom stereocenters. The van der Waals surface area contributed by atoms with Crippen LogP contribution in [0.1, 0.15) is 42.1 Å². The molecule has 0 aromatic heterocycles. The first kappa shape index (κ1) is 19.1. The molecule has 5 heteroatoms. The lowest BCUT2D eigenvalue weighted by Crippen LogP contribution is -2.28. The van der Waals surface area contributed by atoms with E-state index in [1.807, 2.05) is 37.3 Å². The van der Waals surface area contributed by atoms with Crippen molar-refractivity contribution in [1.29, 1.82) is 0 Å². The third kappa shape index (κ3) is 5.40. The molecular weight excluding hydrogens is 346 g/mol. The first-order valence-corrected chi connectivity index (χ1v) is 11.1. The molecule has 1 heterocycles. The summed E-state index contributed by atoms with van der Waals surface area (Å²) in [6, 6.07) is 18.9. The second kappa shape index (κ2) is 8.33. The van der Waals surface area contributed by atoms with Crippen LogP contribution in [0.5, 0.6) is 0 Å². The molecule has 26 heavy (non-hydrogen) atoms. The van der Waals surface area contributed by atoms with Gasteiger partial charge < -0.3 is 10.1 Å². The van der Waals surface area contributed by atoms with Crippen LogP contribution >= 0.6 is 0 Å². The molecule has 3 rings (SSSR count). The van der Waals surface area contributed by atoms with E-state index in [1.165, 1.54) is 17.4 Å². The van der Waals surface area contributed by atoms with E-state index < -0.39 is 9.84 Å². The van der Waals surface area contributed by atoms with E-state index in [1.54, 1.807) is 0 Å². The summed E-state index contributed by atoms with van der Waals surface area (Å²) >= 11 is 0. The van der Waals surface area contributed by atoms with Crippen LogP contribution in [0.3, 0.4) is 0 Å². The fourth-order valence-corrected chi connectivity index (χ4v) is 4.55. The Kier molecular flexibility index (Phi) is 6.12. The van der Waals surface area contributed by atoms with Gasteiger partial charge in [-0.1, -0.05) is 61.5 Å². The molecule has 1 saturated heterocycles. The zero-order valence-electron chi connectivity index (χ0n) is 15.4. The van der Waals surface area contributed by atoms with Crippen molar-refractivity contribution in [2.45, 2.75) is 38.0 Å². The monoisotopic (exact) mass is 373 g/mol. The van der Waals surface area contributed by atoms with Gasteiger partial charge in [0.25, 0.3) is 0 Å².